The van der Waals surface area contributed by atoms with E-state index in [-0.39, 0.29) is 22.8 Å². The SMILES string of the molecule is CNc1nc(-c2cc(F)cc(C#N)c2)cc(C(F)(F)F)n1. The van der Waals surface area contributed by atoms with E-state index in [9.17, 15) is 17.6 Å². The Hall–Kier alpha value is -2.69. The van der Waals surface area contributed by atoms with Crippen LogP contribution in [0.1, 0.15) is 11.3 Å². The molecule has 1 N–H and O–H groups in total. The largest absolute Gasteiger partial charge is 0.433 e. The molecule has 4 nitrogen and oxygen atoms in total. The molecule has 2 aromatic rings. The number of nitriles is 1. The van der Waals surface area contributed by atoms with Crippen molar-refractivity contribution in [1.82, 2.24) is 9.97 Å². The average molecular weight is 296 g/mol. The maximum atomic E-state index is 13.4. The molecule has 0 spiro atoms. The summed E-state index contributed by atoms with van der Waals surface area (Å²) in [5, 5.41) is 11.2. The standard InChI is InChI=1S/C13H8F4N4/c1-19-12-20-10(5-11(21-12)13(15,16)17)8-2-7(6-18)3-9(14)4-8/h2-5H,1H3,(H,19,20,21). The van der Waals surface area contributed by atoms with Crippen LogP contribution in [0.2, 0.25) is 0 Å². The van der Waals surface area contributed by atoms with E-state index in [2.05, 4.69) is 15.3 Å². The van der Waals surface area contributed by atoms with Crippen LogP contribution in [0.5, 0.6) is 0 Å². The zero-order valence-electron chi connectivity index (χ0n) is 10.7. The number of benzene rings is 1. The van der Waals surface area contributed by atoms with Gasteiger partial charge in [0, 0.05) is 12.6 Å². The van der Waals surface area contributed by atoms with Gasteiger partial charge in [0.25, 0.3) is 0 Å². The van der Waals surface area contributed by atoms with Gasteiger partial charge in [0.1, 0.15) is 5.82 Å². The van der Waals surface area contributed by atoms with Gasteiger partial charge in [0.05, 0.1) is 17.3 Å². The smallest absolute Gasteiger partial charge is 0.357 e. The van der Waals surface area contributed by atoms with Crippen LogP contribution in [-0.2, 0) is 6.18 Å². The van der Waals surface area contributed by atoms with Crippen LogP contribution in [0.4, 0.5) is 23.5 Å². The number of hydrogen-bond donors (Lipinski definition) is 1. The van der Waals surface area contributed by atoms with Crippen molar-refractivity contribution in [3.63, 3.8) is 0 Å². The number of aromatic nitrogens is 2. The number of rotatable bonds is 2. The van der Waals surface area contributed by atoms with E-state index in [0.717, 1.165) is 12.1 Å². The van der Waals surface area contributed by atoms with Gasteiger partial charge in [-0.2, -0.15) is 18.4 Å². The fourth-order valence-electron chi connectivity index (χ4n) is 1.65. The number of halogens is 4. The van der Waals surface area contributed by atoms with Gasteiger partial charge in [0.15, 0.2) is 5.69 Å². The molecule has 21 heavy (non-hydrogen) atoms. The third-order valence-electron chi connectivity index (χ3n) is 2.56. The highest BCUT2D eigenvalue weighted by molar-refractivity contribution is 5.63. The van der Waals surface area contributed by atoms with Gasteiger partial charge in [-0.25, -0.2) is 14.4 Å². The summed E-state index contributed by atoms with van der Waals surface area (Å²) in [7, 11) is 1.37. The molecule has 0 bridgehead atoms. The molecule has 0 unspecified atom stereocenters. The predicted molar refractivity (Wildman–Crippen MR) is 66.7 cm³/mol. The summed E-state index contributed by atoms with van der Waals surface area (Å²) in [4.78, 5) is 7.16. The topological polar surface area (TPSA) is 61.6 Å². The van der Waals surface area contributed by atoms with Crippen LogP contribution in [0.15, 0.2) is 24.3 Å². The summed E-state index contributed by atoms with van der Waals surface area (Å²) in [5.41, 5.74) is -1.23. The Kier molecular flexibility index (Phi) is 3.76. The van der Waals surface area contributed by atoms with Gasteiger partial charge in [-0.05, 0) is 24.3 Å². The van der Waals surface area contributed by atoms with Crippen molar-refractivity contribution >= 4 is 5.95 Å². The zero-order chi connectivity index (χ0) is 15.6. The first-order valence-electron chi connectivity index (χ1n) is 5.68. The molecule has 1 heterocycles. The summed E-state index contributed by atoms with van der Waals surface area (Å²) in [6.07, 6.45) is -4.66. The lowest BCUT2D eigenvalue weighted by atomic mass is 10.1. The number of alkyl halides is 3. The second kappa shape index (κ2) is 5.36. The molecule has 8 heteroatoms. The van der Waals surface area contributed by atoms with Crippen molar-refractivity contribution in [2.45, 2.75) is 6.18 Å². The molecule has 0 aliphatic heterocycles. The second-order valence-corrected chi connectivity index (χ2v) is 4.05. The highest BCUT2D eigenvalue weighted by atomic mass is 19.4. The molecular formula is C13H8F4N4. The van der Waals surface area contributed by atoms with Gasteiger partial charge in [-0.15, -0.1) is 0 Å². The lowest BCUT2D eigenvalue weighted by molar-refractivity contribution is -0.141. The zero-order valence-corrected chi connectivity index (χ0v) is 10.7. The van der Waals surface area contributed by atoms with Crippen molar-refractivity contribution in [3.05, 3.63) is 41.3 Å². The van der Waals surface area contributed by atoms with Crippen LogP contribution in [0.3, 0.4) is 0 Å². The maximum Gasteiger partial charge on any atom is 0.433 e. The monoisotopic (exact) mass is 296 g/mol. The second-order valence-electron chi connectivity index (χ2n) is 4.05. The fourth-order valence-corrected chi connectivity index (χ4v) is 1.65. The molecular weight excluding hydrogens is 288 g/mol. The van der Waals surface area contributed by atoms with Crippen LogP contribution in [0, 0.1) is 17.1 Å². The van der Waals surface area contributed by atoms with E-state index in [1.807, 2.05) is 0 Å². The summed E-state index contributed by atoms with van der Waals surface area (Å²) in [6, 6.07) is 5.67. The molecule has 1 aromatic heterocycles. The number of hydrogen-bond acceptors (Lipinski definition) is 4. The third-order valence-corrected chi connectivity index (χ3v) is 2.56. The lowest BCUT2D eigenvalue weighted by Crippen LogP contribution is -2.11. The molecule has 2 rings (SSSR count). The predicted octanol–water partition coefficient (Wildman–Crippen LogP) is 3.21. The summed E-state index contributed by atoms with van der Waals surface area (Å²) in [6.45, 7) is 0. The summed E-state index contributed by atoms with van der Waals surface area (Å²) >= 11 is 0. The van der Waals surface area contributed by atoms with E-state index in [1.165, 1.54) is 13.1 Å². The Bertz CT molecular complexity index is 719. The maximum absolute atomic E-state index is 13.4. The van der Waals surface area contributed by atoms with Crippen molar-refractivity contribution < 1.29 is 17.6 Å². The normalized spacial score (nSPS) is 11.0. The third kappa shape index (κ3) is 3.25. The Morgan fingerprint density at radius 1 is 1.14 bits per heavy atom. The molecule has 108 valence electrons. The van der Waals surface area contributed by atoms with Crippen molar-refractivity contribution in [3.8, 4) is 17.3 Å². The lowest BCUT2D eigenvalue weighted by Gasteiger charge is -2.10. The quantitative estimate of drug-likeness (QED) is 0.864. The van der Waals surface area contributed by atoms with E-state index >= 15 is 0 Å². The van der Waals surface area contributed by atoms with Crippen molar-refractivity contribution in [2.75, 3.05) is 12.4 Å². The van der Waals surface area contributed by atoms with Crippen LogP contribution >= 0.6 is 0 Å². The molecule has 0 radical (unpaired) electrons. The van der Waals surface area contributed by atoms with E-state index in [4.69, 9.17) is 5.26 Å². The minimum Gasteiger partial charge on any atom is -0.357 e. The van der Waals surface area contributed by atoms with Crippen molar-refractivity contribution in [1.29, 1.82) is 5.26 Å². The first-order chi connectivity index (χ1) is 9.83. The van der Waals surface area contributed by atoms with E-state index in [0.29, 0.717) is 6.07 Å². The number of nitrogens with zero attached hydrogens (tertiary/aromatic N) is 3. The Morgan fingerprint density at radius 3 is 2.43 bits per heavy atom. The minimum absolute atomic E-state index is 0.0109. The van der Waals surface area contributed by atoms with Gasteiger partial charge in [-0.1, -0.05) is 0 Å². The Balaban J connectivity index is 2.64. The Morgan fingerprint density at radius 2 is 1.86 bits per heavy atom. The summed E-state index contributed by atoms with van der Waals surface area (Å²) in [5.74, 6) is -0.982. The molecule has 1 aromatic carbocycles. The molecule has 0 saturated heterocycles. The summed E-state index contributed by atoms with van der Waals surface area (Å²) < 4.78 is 51.7. The highest BCUT2D eigenvalue weighted by Gasteiger charge is 2.33. The molecule has 0 amide bonds. The molecule has 0 saturated carbocycles. The van der Waals surface area contributed by atoms with Crippen LogP contribution in [0.25, 0.3) is 11.3 Å². The van der Waals surface area contributed by atoms with Gasteiger partial charge in [-0.3, -0.25) is 0 Å². The average Bonchev–Trinajstić information content (AvgIpc) is 2.45. The van der Waals surface area contributed by atoms with Crippen LogP contribution < -0.4 is 5.32 Å². The number of anilines is 1. The fraction of sp³-hybridized carbons (Fsp3) is 0.154. The van der Waals surface area contributed by atoms with E-state index in [1.54, 1.807) is 6.07 Å². The van der Waals surface area contributed by atoms with Crippen LogP contribution in [-0.4, -0.2) is 17.0 Å². The molecule has 0 atom stereocenters. The van der Waals surface area contributed by atoms with Gasteiger partial charge < -0.3 is 5.32 Å². The molecule has 0 aliphatic rings. The first-order valence-corrected chi connectivity index (χ1v) is 5.68. The molecule has 0 fully saturated rings. The first kappa shape index (κ1) is 14.7. The van der Waals surface area contributed by atoms with Gasteiger partial charge in [0.2, 0.25) is 5.95 Å². The number of nitrogens with one attached hydrogen (secondary N) is 1. The highest BCUT2D eigenvalue weighted by Crippen LogP contribution is 2.31. The van der Waals surface area contributed by atoms with Gasteiger partial charge >= 0.3 is 6.18 Å². The molecule has 0 aliphatic carbocycles. The van der Waals surface area contributed by atoms with E-state index < -0.39 is 17.7 Å². The Labute approximate surface area is 117 Å². The minimum atomic E-state index is -4.66. The van der Waals surface area contributed by atoms with Crippen molar-refractivity contribution in [2.24, 2.45) is 0 Å².